The highest BCUT2D eigenvalue weighted by Gasteiger charge is 2.10. The van der Waals surface area contributed by atoms with E-state index in [1.165, 1.54) is 79.2 Å². The van der Waals surface area contributed by atoms with E-state index in [1.807, 2.05) is 0 Å². The van der Waals surface area contributed by atoms with Crippen molar-refractivity contribution in [2.75, 3.05) is 13.2 Å². The van der Waals surface area contributed by atoms with E-state index in [9.17, 15) is 0 Å². The fourth-order valence-corrected chi connectivity index (χ4v) is 4.61. The highest BCUT2D eigenvalue weighted by molar-refractivity contribution is 5.83. The summed E-state index contributed by atoms with van der Waals surface area (Å²) in [6.07, 6.45) is 12.8. The van der Waals surface area contributed by atoms with Crippen molar-refractivity contribution >= 4 is 0 Å². The first-order chi connectivity index (χ1) is 17.7. The molecule has 0 aliphatic heterocycles. The van der Waals surface area contributed by atoms with Gasteiger partial charge < -0.3 is 9.47 Å². The number of ether oxygens (including phenoxy) is 2. The van der Waals surface area contributed by atoms with Gasteiger partial charge in [-0.2, -0.15) is 0 Å². The van der Waals surface area contributed by atoms with Crippen LogP contribution in [0.2, 0.25) is 0 Å². The second-order valence-electron chi connectivity index (χ2n) is 9.88. The van der Waals surface area contributed by atoms with Gasteiger partial charge in [-0.05, 0) is 59.7 Å². The maximum atomic E-state index is 6.07. The van der Waals surface area contributed by atoms with Crippen LogP contribution in [0.15, 0.2) is 72.8 Å². The Morgan fingerprint density at radius 3 is 1.67 bits per heavy atom. The molecule has 0 radical (unpaired) electrons. The van der Waals surface area contributed by atoms with Gasteiger partial charge in [-0.25, -0.2) is 0 Å². The molecular weight excluding hydrogens is 440 g/mol. The predicted octanol–water partition coefficient (Wildman–Crippen LogP) is 10.4. The molecule has 0 aromatic heterocycles. The molecule has 0 saturated carbocycles. The predicted molar refractivity (Wildman–Crippen MR) is 155 cm³/mol. The van der Waals surface area contributed by atoms with Gasteiger partial charge in [0.2, 0.25) is 0 Å². The molecule has 194 valence electrons. The maximum absolute atomic E-state index is 6.07. The Labute approximate surface area is 220 Å². The average molecular weight is 487 g/mol. The zero-order valence-corrected chi connectivity index (χ0v) is 22.8. The van der Waals surface area contributed by atoms with E-state index in [0.717, 1.165) is 31.8 Å². The lowest BCUT2D eigenvalue weighted by Gasteiger charge is -2.15. The van der Waals surface area contributed by atoms with Gasteiger partial charge in [0.15, 0.2) is 0 Å². The molecule has 0 bridgehead atoms. The topological polar surface area (TPSA) is 18.5 Å². The van der Waals surface area contributed by atoms with Gasteiger partial charge in [0.1, 0.15) is 5.75 Å². The van der Waals surface area contributed by atoms with Crippen LogP contribution in [0.25, 0.3) is 22.3 Å². The van der Waals surface area contributed by atoms with Gasteiger partial charge in [0.05, 0.1) is 12.7 Å². The number of rotatable bonds is 17. The van der Waals surface area contributed by atoms with E-state index in [0.29, 0.717) is 0 Å². The minimum Gasteiger partial charge on any atom is -0.494 e. The Bertz CT molecular complexity index is 975. The number of benzene rings is 3. The van der Waals surface area contributed by atoms with E-state index >= 15 is 0 Å². The summed E-state index contributed by atoms with van der Waals surface area (Å²) < 4.78 is 12.1. The summed E-state index contributed by atoms with van der Waals surface area (Å²) in [5, 5.41) is 0. The van der Waals surface area contributed by atoms with Gasteiger partial charge in [-0.3, -0.25) is 0 Å². The second kappa shape index (κ2) is 16.2. The fourth-order valence-electron chi connectivity index (χ4n) is 4.61. The van der Waals surface area contributed by atoms with E-state index in [-0.39, 0.29) is 6.10 Å². The first kappa shape index (κ1) is 28.0. The monoisotopic (exact) mass is 486 g/mol. The summed E-state index contributed by atoms with van der Waals surface area (Å²) in [5.74, 6) is 0.956. The summed E-state index contributed by atoms with van der Waals surface area (Å²) in [6, 6.07) is 26.1. The minimum absolute atomic E-state index is 0.125. The zero-order valence-electron chi connectivity index (χ0n) is 22.8. The van der Waals surface area contributed by atoms with Crippen LogP contribution >= 0.6 is 0 Å². The maximum Gasteiger partial charge on any atom is 0.119 e. The second-order valence-corrected chi connectivity index (χ2v) is 9.88. The lowest BCUT2D eigenvalue weighted by Crippen LogP contribution is -2.01. The van der Waals surface area contributed by atoms with Crippen LogP contribution < -0.4 is 4.74 Å². The van der Waals surface area contributed by atoms with Crippen LogP contribution in [0, 0.1) is 0 Å². The highest BCUT2D eigenvalue weighted by atomic mass is 16.5. The van der Waals surface area contributed by atoms with Crippen LogP contribution in [0.5, 0.6) is 5.75 Å². The van der Waals surface area contributed by atoms with Gasteiger partial charge >= 0.3 is 0 Å². The Hall–Kier alpha value is -2.58. The summed E-state index contributed by atoms with van der Waals surface area (Å²) in [5.41, 5.74) is 6.17. The van der Waals surface area contributed by atoms with E-state index in [1.54, 1.807) is 0 Å². The normalized spacial score (nSPS) is 12.0. The smallest absolute Gasteiger partial charge is 0.119 e. The molecule has 0 spiro atoms. The van der Waals surface area contributed by atoms with Crippen LogP contribution in [-0.4, -0.2) is 13.2 Å². The molecule has 0 saturated heterocycles. The molecule has 0 N–H and O–H groups in total. The highest BCUT2D eigenvalue weighted by Crippen LogP contribution is 2.33. The molecule has 0 heterocycles. The van der Waals surface area contributed by atoms with E-state index in [2.05, 4.69) is 93.6 Å². The number of hydrogen-bond donors (Lipinski definition) is 0. The van der Waals surface area contributed by atoms with Crippen LogP contribution in [0.3, 0.4) is 0 Å². The summed E-state index contributed by atoms with van der Waals surface area (Å²) in [7, 11) is 0. The first-order valence-electron chi connectivity index (χ1n) is 14.3. The van der Waals surface area contributed by atoms with E-state index < -0.39 is 0 Å². The van der Waals surface area contributed by atoms with Crippen molar-refractivity contribution in [3.05, 3.63) is 78.4 Å². The fraction of sp³-hybridized carbons (Fsp3) is 0.471. The first-order valence-corrected chi connectivity index (χ1v) is 14.3. The summed E-state index contributed by atoms with van der Waals surface area (Å²) in [4.78, 5) is 0. The van der Waals surface area contributed by atoms with Crippen molar-refractivity contribution in [2.45, 2.75) is 91.1 Å². The number of unbranched alkanes of at least 4 members (excludes halogenated alkanes) is 8. The molecule has 3 rings (SSSR count). The van der Waals surface area contributed by atoms with E-state index in [4.69, 9.17) is 9.47 Å². The third-order valence-corrected chi connectivity index (χ3v) is 6.92. The van der Waals surface area contributed by atoms with Crippen molar-refractivity contribution in [3.8, 4) is 28.0 Å². The van der Waals surface area contributed by atoms with Crippen molar-refractivity contribution in [2.24, 2.45) is 0 Å². The van der Waals surface area contributed by atoms with Gasteiger partial charge in [0.25, 0.3) is 0 Å². The Balaban J connectivity index is 1.57. The van der Waals surface area contributed by atoms with Crippen molar-refractivity contribution in [1.29, 1.82) is 0 Å². The Kier molecular flexibility index (Phi) is 12.6. The van der Waals surface area contributed by atoms with Crippen molar-refractivity contribution in [1.82, 2.24) is 0 Å². The van der Waals surface area contributed by atoms with Gasteiger partial charge in [0, 0.05) is 6.61 Å². The molecule has 1 unspecified atom stereocenters. The summed E-state index contributed by atoms with van der Waals surface area (Å²) in [6.45, 7) is 8.29. The minimum atomic E-state index is 0.125. The molecule has 0 amide bonds. The molecular formula is C34H46O2. The SMILES string of the molecule is CCCCCCCCOc1ccc(-c2ccccc2-c2ccc(C(C)OCCCCCC)cc2)cc1. The standard InChI is InChI=1S/C34H46O2/c1-4-6-8-10-11-15-27-36-32-24-22-31(23-25-32)34-17-13-12-16-33(34)30-20-18-29(19-21-30)28(3)35-26-14-9-7-5-2/h12-13,16-25,28H,4-11,14-15,26-27H2,1-3H3. The third kappa shape index (κ3) is 9.13. The Morgan fingerprint density at radius 2 is 1.06 bits per heavy atom. The van der Waals surface area contributed by atoms with Gasteiger partial charge in [-0.15, -0.1) is 0 Å². The zero-order chi connectivity index (χ0) is 25.4. The molecule has 2 nitrogen and oxygen atoms in total. The molecule has 0 aliphatic rings. The number of hydrogen-bond acceptors (Lipinski definition) is 2. The van der Waals surface area contributed by atoms with Crippen molar-refractivity contribution < 1.29 is 9.47 Å². The van der Waals surface area contributed by atoms with Crippen LogP contribution in [0.4, 0.5) is 0 Å². The largest absolute Gasteiger partial charge is 0.494 e. The Morgan fingerprint density at radius 1 is 0.556 bits per heavy atom. The molecule has 0 fully saturated rings. The molecule has 36 heavy (non-hydrogen) atoms. The van der Waals surface area contributed by atoms with Crippen LogP contribution in [-0.2, 0) is 4.74 Å². The molecule has 2 heteroatoms. The summed E-state index contributed by atoms with van der Waals surface area (Å²) >= 11 is 0. The molecule has 3 aromatic rings. The quantitative estimate of drug-likeness (QED) is 0.177. The molecule has 1 atom stereocenters. The molecule has 0 aliphatic carbocycles. The van der Waals surface area contributed by atoms with Crippen LogP contribution in [0.1, 0.15) is 96.6 Å². The average Bonchev–Trinajstić information content (AvgIpc) is 2.93. The lowest BCUT2D eigenvalue weighted by atomic mass is 9.94. The lowest BCUT2D eigenvalue weighted by molar-refractivity contribution is 0.0628. The van der Waals surface area contributed by atoms with Crippen molar-refractivity contribution in [3.63, 3.8) is 0 Å². The van der Waals surface area contributed by atoms with Gasteiger partial charge in [-0.1, -0.05) is 126 Å². The third-order valence-electron chi connectivity index (χ3n) is 6.92. The molecule has 3 aromatic carbocycles.